The molecule has 0 aliphatic carbocycles. The Balaban J connectivity index is 2.08. The molecule has 4 heteroatoms. The Labute approximate surface area is 121 Å². The van der Waals surface area contributed by atoms with Gasteiger partial charge in [0, 0.05) is 22.5 Å². The number of rotatable bonds is 2. The van der Waals surface area contributed by atoms with Gasteiger partial charge in [0.2, 0.25) is 0 Å². The van der Waals surface area contributed by atoms with E-state index < -0.39 is 0 Å². The van der Waals surface area contributed by atoms with Crippen molar-refractivity contribution in [1.29, 1.82) is 0 Å². The summed E-state index contributed by atoms with van der Waals surface area (Å²) in [5, 5.41) is 9.13. The molecule has 100 valence electrons. The molecule has 0 aliphatic rings. The number of benzene rings is 1. The van der Waals surface area contributed by atoms with Gasteiger partial charge >= 0.3 is 0 Å². The first kappa shape index (κ1) is 11.8. The molecule has 0 bridgehead atoms. The summed E-state index contributed by atoms with van der Waals surface area (Å²) in [5.41, 5.74) is 4.62. The number of aromatic nitrogens is 4. The summed E-state index contributed by atoms with van der Waals surface area (Å²) in [6.45, 7) is 3.88. The van der Waals surface area contributed by atoms with Gasteiger partial charge < -0.3 is 0 Å². The first-order valence-electron chi connectivity index (χ1n) is 6.67. The van der Waals surface area contributed by atoms with Crippen LogP contribution in [0, 0.1) is 0 Å². The van der Waals surface area contributed by atoms with E-state index in [0.29, 0.717) is 0 Å². The lowest BCUT2D eigenvalue weighted by Crippen LogP contribution is -1.92. The lowest BCUT2D eigenvalue weighted by atomic mass is 10.0. The zero-order valence-corrected chi connectivity index (χ0v) is 11.2. The zero-order valence-electron chi connectivity index (χ0n) is 11.2. The van der Waals surface area contributed by atoms with E-state index in [1.165, 1.54) is 0 Å². The minimum Gasteiger partial charge on any atom is -0.278 e. The Bertz CT molecular complexity index is 955. The van der Waals surface area contributed by atoms with Gasteiger partial charge in [0.15, 0.2) is 0 Å². The van der Waals surface area contributed by atoms with Crippen LogP contribution in [0.1, 0.15) is 5.69 Å². The Hall–Kier alpha value is -3.01. The van der Waals surface area contributed by atoms with Crippen LogP contribution in [0.25, 0.3) is 39.1 Å². The fraction of sp³-hybridized carbons (Fsp3) is 0. The third-order valence-electron chi connectivity index (χ3n) is 3.57. The molecule has 0 aliphatic heterocycles. The molecule has 0 amide bonds. The number of pyridine rings is 2. The van der Waals surface area contributed by atoms with E-state index in [-0.39, 0.29) is 0 Å². The van der Waals surface area contributed by atoms with Gasteiger partial charge in [0.1, 0.15) is 0 Å². The van der Waals surface area contributed by atoms with Gasteiger partial charge in [-0.05, 0) is 30.3 Å². The van der Waals surface area contributed by atoms with Crippen LogP contribution in [0.5, 0.6) is 0 Å². The molecule has 4 aromatic rings. The van der Waals surface area contributed by atoms with Crippen molar-refractivity contribution in [2.75, 3.05) is 0 Å². The van der Waals surface area contributed by atoms with Gasteiger partial charge in [0.05, 0.1) is 28.6 Å². The predicted molar refractivity (Wildman–Crippen MR) is 84.7 cm³/mol. The number of aromatic amines is 1. The highest BCUT2D eigenvalue weighted by atomic mass is 15.1. The maximum atomic E-state index is 4.75. The Kier molecular flexibility index (Phi) is 2.54. The van der Waals surface area contributed by atoms with Crippen molar-refractivity contribution in [3.05, 3.63) is 61.1 Å². The van der Waals surface area contributed by atoms with Gasteiger partial charge in [-0.25, -0.2) is 4.98 Å². The highest BCUT2D eigenvalue weighted by Gasteiger charge is 2.10. The molecule has 0 radical (unpaired) electrons. The van der Waals surface area contributed by atoms with Crippen molar-refractivity contribution in [2.24, 2.45) is 0 Å². The van der Waals surface area contributed by atoms with Gasteiger partial charge in [-0.2, -0.15) is 5.10 Å². The molecule has 0 saturated carbocycles. The fourth-order valence-electron chi connectivity index (χ4n) is 2.55. The molecule has 4 nitrogen and oxygen atoms in total. The highest BCUT2D eigenvalue weighted by molar-refractivity contribution is 6.05. The summed E-state index contributed by atoms with van der Waals surface area (Å²) in [4.78, 5) is 9.16. The zero-order chi connectivity index (χ0) is 14.2. The third kappa shape index (κ3) is 1.80. The van der Waals surface area contributed by atoms with Crippen molar-refractivity contribution in [3.63, 3.8) is 0 Å². The van der Waals surface area contributed by atoms with Crippen molar-refractivity contribution < 1.29 is 0 Å². The Morgan fingerprint density at radius 1 is 1.14 bits per heavy atom. The third-order valence-corrected chi connectivity index (χ3v) is 3.57. The van der Waals surface area contributed by atoms with Crippen LogP contribution in [0.3, 0.4) is 0 Å². The molecule has 4 rings (SSSR count). The molecule has 0 fully saturated rings. The Morgan fingerprint density at radius 3 is 2.90 bits per heavy atom. The van der Waals surface area contributed by atoms with Gasteiger partial charge in [-0.3, -0.25) is 10.1 Å². The molecule has 0 unspecified atom stereocenters. The van der Waals surface area contributed by atoms with Gasteiger partial charge in [0.25, 0.3) is 0 Å². The van der Waals surface area contributed by atoms with E-state index in [2.05, 4.69) is 27.8 Å². The number of nitrogens with zero attached hydrogens (tertiary/aromatic N) is 3. The normalized spacial score (nSPS) is 11.0. The summed E-state index contributed by atoms with van der Waals surface area (Å²) in [7, 11) is 0. The van der Waals surface area contributed by atoms with E-state index in [9.17, 15) is 0 Å². The molecule has 3 aromatic heterocycles. The molecule has 0 spiro atoms. The molecule has 0 atom stereocenters. The largest absolute Gasteiger partial charge is 0.278 e. The summed E-state index contributed by atoms with van der Waals surface area (Å²) in [5.74, 6) is 0. The maximum Gasteiger partial charge on any atom is 0.0819 e. The van der Waals surface area contributed by atoms with E-state index in [0.717, 1.165) is 38.8 Å². The second-order valence-corrected chi connectivity index (χ2v) is 4.81. The SMILES string of the molecule is C=Cc1nc2c(ccc3[nH]ncc32)cc1-c1ccccn1. The van der Waals surface area contributed by atoms with Crippen molar-refractivity contribution >= 4 is 27.9 Å². The van der Waals surface area contributed by atoms with E-state index in [1.54, 1.807) is 18.5 Å². The standard InChI is InChI=1S/C17H12N4/c1-2-14-12(15-5-3-4-8-18-15)9-11-6-7-16-13(10-19-21-16)17(11)20-14/h2-10H,1H2,(H,19,21). The van der Waals surface area contributed by atoms with E-state index >= 15 is 0 Å². The van der Waals surface area contributed by atoms with Crippen LogP contribution in [0.15, 0.2) is 55.4 Å². The van der Waals surface area contributed by atoms with Gasteiger partial charge in [-0.1, -0.05) is 18.7 Å². The van der Waals surface area contributed by atoms with E-state index in [4.69, 9.17) is 4.98 Å². The topological polar surface area (TPSA) is 54.5 Å². The van der Waals surface area contributed by atoms with Crippen LogP contribution in [-0.2, 0) is 0 Å². The van der Waals surface area contributed by atoms with Crippen LogP contribution in [-0.4, -0.2) is 20.2 Å². The minimum atomic E-state index is 0.829. The molecule has 21 heavy (non-hydrogen) atoms. The summed E-state index contributed by atoms with van der Waals surface area (Å²) < 4.78 is 0. The van der Waals surface area contributed by atoms with Crippen LogP contribution >= 0.6 is 0 Å². The smallest absolute Gasteiger partial charge is 0.0819 e. The predicted octanol–water partition coefficient (Wildman–Crippen LogP) is 3.82. The quantitative estimate of drug-likeness (QED) is 0.603. The van der Waals surface area contributed by atoms with E-state index in [1.807, 2.05) is 30.3 Å². The van der Waals surface area contributed by atoms with Crippen LogP contribution < -0.4 is 0 Å². The first-order valence-corrected chi connectivity index (χ1v) is 6.67. The average Bonchev–Trinajstić information content (AvgIpc) is 3.03. The molecular formula is C17H12N4. The number of nitrogens with one attached hydrogen (secondary N) is 1. The molecule has 3 heterocycles. The second kappa shape index (κ2) is 4.52. The minimum absolute atomic E-state index is 0.829. The summed E-state index contributed by atoms with van der Waals surface area (Å²) in [6, 6.07) is 12.0. The number of fused-ring (bicyclic) bond motifs is 3. The molecular weight excluding hydrogens is 260 g/mol. The second-order valence-electron chi connectivity index (χ2n) is 4.81. The monoisotopic (exact) mass is 272 g/mol. The van der Waals surface area contributed by atoms with Crippen LogP contribution in [0.2, 0.25) is 0 Å². The van der Waals surface area contributed by atoms with Crippen molar-refractivity contribution in [3.8, 4) is 11.3 Å². The summed E-state index contributed by atoms with van der Waals surface area (Å²) in [6.07, 6.45) is 5.35. The highest BCUT2D eigenvalue weighted by Crippen LogP contribution is 2.29. The van der Waals surface area contributed by atoms with Crippen LogP contribution in [0.4, 0.5) is 0 Å². The first-order chi connectivity index (χ1) is 10.4. The molecule has 0 saturated heterocycles. The molecule has 1 N–H and O–H groups in total. The lowest BCUT2D eigenvalue weighted by Gasteiger charge is -2.08. The molecule has 1 aromatic carbocycles. The fourth-order valence-corrected chi connectivity index (χ4v) is 2.55. The lowest BCUT2D eigenvalue weighted by molar-refractivity contribution is 1.12. The summed E-state index contributed by atoms with van der Waals surface area (Å²) >= 11 is 0. The average molecular weight is 272 g/mol. The Morgan fingerprint density at radius 2 is 2.10 bits per heavy atom. The number of H-pyrrole nitrogens is 1. The van der Waals surface area contributed by atoms with Crippen molar-refractivity contribution in [2.45, 2.75) is 0 Å². The van der Waals surface area contributed by atoms with Gasteiger partial charge in [-0.15, -0.1) is 0 Å². The number of hydrogen-bond donors (Lipinski definition) is 1. The maximum absolute atomic E-state index is 4.75. The number of hydrogen-bond acceptors (Lipinski definition) is 3. The van der Waals surface area contributed by atoms with Crippen molar-refractivity contribution in [1.82, 2.24) is 20.2 Å².